The zero-order valence-electron chi connectivity index (χ0n) is 15.5. The van der Waals surface area contributed by atoms with Crippen LogP contribution in [0.2, 0.25) is 5.02 Å². The van der Waals surface area contributed by atoms with E-state index < -0.39 is 0 Å². The van der Waals surface area contributed by atoms with Crippen molar-refractivity contribution < 1.29 is 9.53 Å². The molecule has 2 aromatic carbocycles. The summed E-state index contributed by atoms with van der Waals surface area (Å²) >= 11 is 6.10. The molecule has 1 amide bonds. The van der Waals surface area contributed by atoms with E-state index in [1.165, 1.54) is 5.69 Å². The van der Waals surface area contributed by atoms with Crippen molar-refractivity contribution >= 4 is 23.2 Å². The fourth-order valence-electron chi connectivity index (χ4n) is 2.73. The summed E-state index contributed by atoms with van der Waals surface area (Å²) < 4.78 is 5.13. The van der Waals surface area contributed by atoms with E-state index in [-0.39, 0.29) is 5.91 Å². The first-order chi connectivity index (χ1) is 12.6. The third-order valence-electron chi connectivity index (χ3n) is 4.30. The second kappa shape index (κ2) is 10.7. The number of anilines is 1. The van der Waals surface area contributed by atoms with Gasteiger partial charge in [-0.15, -0.1) is 0 Å². The maximum Gasteiger partial charge on any atom is 0.220 e. The third-order valence-corrected chi connectivity index (χ3v) is 4.59. The molecule has 0 aliphatic carbocycles. The molecule has 5 heteroatoms. The van der Waals surface area contributed by atoms with Gasteiger partial charge in [-0.25, -0.2) is 0 Å². The van der Waals surface area contributed by atoms with Gasteiger partial charge < -0.3 is 15.0 Å². The fourth-order valence-corrected chi connectivity index (χ4v) is 3.01. The molecule has 0 fully saturated rings. The van der Waals surface area contributed by atoms with Crippen LogP contribution in [0.3, 0.4) is 0 Å². The molecule has 26 heavy (non-hydrogen) atoms. The molecule has 0 saturated carbocycles. The monoisotopic (exact) mass is 374 g/mol. The molecule has 0 aromatic heterocycles. The Hall–Kier alpha value is -2.20. The van der Waals surface area contributed by atoms with Crippen LogP contribution in [0.4, 0.5) is 5.69 Å². The lowest BCUT2D eigenvalue weighted by Gasteiger charge is -2.19. The number of hydrogen-bond acceptors (Lipinski definition) is 3. The Labute approximate surface area is 161 Å². The average molecular weight is 375 g/mol. The van der Waals surface area contributed by atoms with E-state index in [2.05, 4.69) is 29.4 Å². The number of ether oxygens (including phenoxy) is 1. The van der Waals surface area contributed by atoms with Gasteiger partial charge in [-0.3, -0.25) is 4.79 Å². The van der Waals surface area contributed by atoms with E-state index in [1.807, 2.05) is 36.4 Å². The predicted molar refractivity (Wildman–Crippen MR) is 108 cm³/mol. The summed E-state index contributed by atoms with van der Waals surface area (Å²) in [5.41, 5.74) is 2.25. The molecule has 0 atom stereocenters. The van der Waals surface area contributed by atoms with Crippen LogP contribution in [0, 0.1) is 0 Å². The standard InChI is InChI=1S/C21H27ClN2O2/c1-24(18-8-4-3-5-9-18)15-7-6-14-23-21(25)13-11-17-10-12-20(26-2)19(22)16-17/h3-5,8-10,12,16H,6-7,11,13-15H2,1-2H3,(H,23,25). The van der Waals surface area contributed by atoms with Crippen molar-refractivity contribution in [3.63, 3.8) is 0 Å². The first-order valence-electron chi connectivity index (χ1n) is 8.95. The molecule has 1 N–H and O–H groups in total. The number of benzene rings is 2. The number of carbonyl (C=O) groups excluding carboxylic acids is 1. The van der Waals surface area contributed by atoms with Crippen molar-refractivity contribution in [1.82, 2.24) is 5.32 Å². The molecule has 2 aromatic rings. The zero-order valence-corrected chi connectivity index (χ0v) is 16.3. The highest BCUT2D eigenvalue weighted by Crippen LogP contribution is 2.25. The highest BCUT2D eigenvalue weighted by atomic mass is 35.5. The summed E-state index contributed by atoms with van der Waals surface area (Å²) in [5.74, 6) is 0.730. The number of carbonyl (C=O) groups is 1. The van der Waals surface area contributed by atoms with Crippen molar-refractivity contribution in [2.24, 2.45) is 0 Å². The van der Waals surface area contributed by atoms with Gasteiger partial charge in [0.05, 0.1) is 12.1 Å². The SMILES string of the molecule is COc1ccc(CCC(=O)NCCCCN(C)c2ccccc2)cc1Cl. The van der Waals surface area contributed by atoms with Gasteiger partial charge in [0.2, 0.25) is 5.91 Å². The highest BCUT2D eigenvalue weighted by Gasteiger charge is 2.05. The molecule has 0 saturated heterocycles. The number of unbranched alkanes of at least 4 members (excludes halogenated alkanes) is 1. The molecule has 0 aliphatic rings. The smallest absolute Gasteiger partial charge is 0.220 e. The fraction of sp³-hybridized carbons (Fsp3) is 0.381. The molecule has 140 valence electrons. The molecule has 0 radical (unpaired) electrons. The Bertz CT molecular complexity index is 692. The summed E-state index contributed by atoms with van der Waals surface area (Å²) in [5, 5.41) is 3.57. The Kier molecular flexibility index (Phi) is 8.29. The van der Waals surface area contributed by atoms with Gasteiger partial charge in [-0.1, -0.05) is 35.9 Å². The van der Waals surface area contributed by atoms with Crippen LogP contribution in [0.15, 0.2) is 48.5 Å². The van der Waals surface area contributed by atoms with Crippen LogP contribution >= 0.6 is 11.6 Å². The quantitative estimate of drug-likeness (QED) is 0.630. The van der Waals surface area contributed by atoms with Crippen molar-refractivity contribution in [2.75, 3.05) is 32.1 Å². The van der Waals surface area contributed by atoms with Gasteiger partial charge in [0.25, 0.3) is 0 Å². The van der Waals surface area contributed by atoms with Crippen LogP contribution < -0.4 is 15.0 Å². The highest BCUT2D eigenvalue weighted by molar-refractivity contribution is 6.32. The number of halogens is 1. The summed E-state index contributed by atoms with van der Waals surface area (Å²) in [6, 6.07) is 15.9. The Morgan fingerprint density at radius 3 is 2.62 bits per heavy atom. The van der Waals surface area contributed by atoms with Crippen LogP contribution in [0.5, 0.6) is 5.75 Å². The van der Waals surface area contributed by atoms with Crippen LogP contribution in [0.25, 0.3) is 0 Å². The molecule has 0 heterocycles. The van der Waals surface area contributed by atoms with Crippen LogP contribution in [0.1, 0.15) is 24.8 Å². The number of nitrogens with zero attached hydrogens (tertiary/aromatic N) is 1. The maximum absolute atomic E-state index is 12.0. The second-order valence-corrected chi connectivity index (χ2v) is 6.69. The summed E-state index contributed by atoms with van der Waals surface area (Å²) in [7, 11) is 3.68. The molecule has 4 nitrogen and oxygen atoms in total. The number of aryl methyl sites for hydroxylation is 1. The lowest BCUT2D eigenvalue weighted by atomic mass is 10.1. The lowest BCUT2D eigenvalue weighted by molar-refractivity contribution is -0.121. The molecule has 0 spiro atoms. The summed E-state index contributed by atoms with van der Waals surface area (Å²) in [6.45, 7) is 1.69. The normalized spacial score (nSPS) is 10.4. The number of methoxy groups -OCH3 is 1. The van der Waals surface area contributed by atoms with Gasteiger partial charge in [0.15, 0.2) is 0 Å². The predicted octanol–water partition coefficient (Wildman–Crippen LogP) is 4.31. The molecular weight excluding hydrogens is 348 g/mol. The zero-order chi connectivity index (χ0) is 18.8. The van der Waals surface area contributed by atoms with E-state index in [0.717, 1.165) is 24.9 Å². The van der Waals surface area contributed by atoms with Crippen molar-refractivity contribution in [3.8, 4) is 5.75 Å². The minimum absolute atomic E-state index is 0.0772. The number of nitrogens with one attached hydrogen (secondary N) is 1. The number of hydrogen-bond donors (Lipinski definition) is 1. The molecule has 0 bridgehead atoms. The molecule has 0 unspecified atom stereocenters. The van der Waals surface area contributed by atoms with Crippen LogP contribution in [-0.4, -0.2) is 33.2 Å². The average Bonchev–Trinajstić information content (AvgIpc) is 2.66. The van der Waals surface area contributed by atoms with E-state index in [4.69, 9.17) is 16.3 Å². The van der Waals surface area contributed by atoms with Gasteiger partial charge in [0.1, 0.15) is 5.75 Å². The lowest BCUT2D eigenvalue weighted by Crippen LogP contribution is -2.26. The van der Waals surface area contributed by atoms with Gasteiger partial charge in [-0.05, 0) is 49.1 Å². The number of amides is 1. The second-order valence-electron chi connectivity index (χ2n) is 6.28. The van der Waals surface area contributed by atoms with Crippen molar-refractivity contribution in [3.05, 3.63) is 59.1 Å². The maximum atomic E-state index is 12.0. The van der Waals surface area contributed by atoms with Crippen LogP contribution in [-0.2, 0) is 11.2 Å². The van der Waals surface area contributed by atoms with Gasteiger partial charge in [-0.2, -0.15) is 0 Å². The Morgan fingerprint density at radius 2 is 1.92 bits per heavy atom. The van der Waals surface area contributed by atoms with Crippen molar-refractivity contribution in [2.45, 2.75) is 25.7 Å². The first kappa shape index (κ1) is 20.1. The largest absolute Gasteiger partial charge is 0.495 e. The van der Waals surface area contributed by atoms with E-state index in [9.17, 15) is 4.79 Å². The third kappa shape index (κ3) is 6.60. The van der Waals surface area contributed by atoms with Gasteiger partial charge >= 0.3 is 0 Å². The minimum Gasteiger partial charge on any atom is -0.495 e. The molecular formula is C21H27ClN2O2. The first-order valence-corrected chi connectivity index (χ1v) is 9.33. The van der Waals surface area contributed by atoms with Gasteiger partial charge in [0, 0.05) is 32.2 Å². The molecule has 0 aliphatic heterocycles. The molecule has 2 rings (SSSR count). The number of rotatable bonds is 10. The summed E-state index contributed by atoms with van der Waals surface area (Å²) in [6.07, 6.45) is 3.15. The topological polar surface area (TPSA) is 41.6 Å². The Balaban J connectivity index is 1.59. The minimum atomic E-state index is 0.0772. The Morgan fingerprint density at radius 1 is 1.15 bits per heavy atom. The van der Waals surface area contributed by atoms with E-state index >= 15 is 0 Å². The van der Waals surface area contributed by atoms with E-state index in [1.54, 1.807) is 7.11 Å². The summed E-state index contributed by atoms with van der Waals surface area (Å²) in [4.78, 5) is 14.2. The number of para-hydroxylation sites is 1. The van der Waals surface area contributed by atoms with Crippen molar-refractivity contribution in [1.29, 1.82) is 0 Å². The van der Waals surface area contributed by atoms with E-state index in [0.29, 0.717) is 30.2 Å².